The Morgan fingerprint density at radius 3 is 2.50 bits per heavy atom. The van der Waals surface area contributed by atoms with Crippen molar-refractivity contribution in [3.05, 3.63) is 0 Å². The first-order valence-electron chi connectivity index (χ1n) is 5.73. The predicted molar refractivity (Wildman–Crippen MR) is 60.0 cm³/mol. The summed E-state index contributed by atoms with van der Waals surface area (Å²) in [4.78, 5) is 22.1. The van der Waals surface area contributed by atoms with Crippen LogP contribution in [0.2, 0.25) is 0 Å². The van der Waals surface area contributed by atoms with Crippen LogP contribution in [0, 0.1) is 11.8 Å². The van der Waals surface area contributed by atoms with E-state index >= 15 is 0 Å². The Bertz CT molecular complexity index is 266. The summed E-state index contributed by atoms with van der Waals surface area (Å²) in [5.74, 6) is -0.728. The van der Waals surface area contributed by atoms with Crippen molar-refractivity contribution in [3.8, 4) is 0 Å². The second-order valence-corrected chi connectivity index (χ2v) is 4.71. The van der Waals surface area contributed by atoms with Gasteiger partial charge in [0.05, 0.1) is 12.5 Å². The molecule has 0 aliphatic heterocycles. The normalized spacial score (nSPS) is 23.9. The van der Waals surface area contributed by atoms with Gasteiger partial charge in [0.2, 0.25) is 5.91 Å². The minimum Gasteiger partial charge on any atom is -0.481 e. The first kappa shape index (κ1) is 13.0. The third-order valence-corrected chi connectivity index (χ3v) is 2.82. The number of carbonyl (C=O) groups excluding carboxylic acids is 1. The van der Waals surface area contributed by atoms with Crippen LogP contribution in [-0.4, -0.2) is 36.1 Å². The van der Waals surface area contributed by atoms with Gasteiger partial charge in [0.25, 0.3) is 0 Å². The maximum atomic E-state index is 11.3. The highest BCUT2D eigenvalue weighted by atomic mass is 16.4. The first-order chi connectivity index (χ1) is 7.50. The van der Waals surface area contributed by atoms with Crippen molar-refractivity contribution >= 4 is 11.9 Å². The second-order valence-electron chi connectivity index (χ2n) is 4.71. The lowest BCUT2D eigenvalue weighted by atomic mass is 9.79. The Morgan fingerprint density at radius 2 is 2.06 bits per heavy atom. The van der Waals surface area contributed by atoms with Gasteiger partial charge in [0.15, 0.2) is 0 Å². The van der Waals surface area contributed by atoms with Crippen LogP contribution < -0.4 is 10.6 Å². The van der Waals surface area contributed by atoms with Gasteiger partial charge < -0.3 is 15.7 Å². The molecule has 1 amide bonds. The highest BCUT2D eigenvalue weighted by Gasteiger charge is 2.36. The largest absolute Gasteiger partial charge is 0.481 e. The van der Waals surface area contributed by atoms with Gasteiger partial charge in [-0.2, -0.15) is 0 Å². The molecular weight excluding hydrogens is 208 g/mol. The van der Waals surface area contributed by atoms with E-state index in [9.17, 15) is 9.59 Å². The Balaban J connectivity index is 2.15. The monoisotopic (exact) mass is 228 g/mol. The highest BCUT2D eigenvalue weighted by Crippen LogP contribution is 2.27. The molecule has 0 saturated heterocycles. The van der Waals surface area contributed by atoms with Gasteiger partial charge in [-0.15, -0.1) is 0 Å². The highest BCUT2D eigenvalue weighted by molar-refractivity contribution is 5.78. The van der Waals surface area contributed by atoms with Gasteiger partial charge in [-0.25, -0.2) is 0 Å². The van der Waals surface area contributed by atoms with Crippen molar-refractivity contribution < 1.29 is 14.7 Å². The van der Waals surface area contributed by atoms with Crippen LogP contribution >= 0.6 is 0 Å². The zero-order valence-corrected chi connectivity index (χ0v) is 9.82. The second kappa shape index (κ2) is 5.84. The van der Waals surface area contributed by atoms with E-state index < -0.39 is 5.97 Å². The minimum absolute atomic E-state index is 0.0395. The van der Waals surface area contributed by atoms with Crippen molar-refractivity contribution in [2.45, 2.75) is 32.7 Å². The van der Waals surface area contributed by atoms with Crippen molar-refractivity contribution in [1.29, 1.82) is 0 Å². The lowest BCUT2D eigenvalue weighted by Crippen LogP contribution is -2.50. The SMILES string of the molecule is CC(C)CNC(=O)CNC1CCC1C(=O)O. The van der Waals surface area contributed by atoms with Crippen molar-refractivity contribution in [2.75, 3.05) is 13.1 Å². The Morgan fingerprint density at radius 1 is 1.38 bits per heavy atom. The number of carbonyl (C=O) groups is 2. The zero-order chi connectivity index (χ0) is 12.1. The topological polar surface area (TPSA) is 78.4 Å². The van der Waals surface area contributed by atoms with E-state index in [1.807, 2.05) is 13.8 Å². The molecule has 0 radical (unpaired) electrons. The van der Waals surface area contributed by atoms with E-state index in [0.29, 0.717) is 18.9 Å². The van der Waals surface area contributed by atoms with Gasteiger partial charge in [-0.05, 0) is 18.8 Å². The molecule has 0 aromatic rings. The predicted octanol–water partition coefficient (Wildman–Crippen LogP) is 0.211. The van der Waals surface area contributed by atoms with E-state index in [-0.39, 0.29) is 24.4 Å². The molecule has 1 fully saturated rings. The third kappa shape index (κ3) is 3.81. The van der Waals surface area contributed by atoms with E-state index in [1.54, 1.807) is 0 Å². The average molecular weight is 228 g/mol. The zero-order valence-electron chi connectivity index (χ0n) is 9.82. The number of hydrogen-bond acceptors (Lipinski definition) is 3. The Hall–Kier alpha value is -1.10. The summed E-state index contributed by atoms with van der Waals surface area (Å²) < 4.78 is 0. The average Bonchev–Trinajstić information content (AvgIpc) is 2.12. The van der Waals surface area contributed by atoms with E-state index in [1.165, 1.54) is 0 Å². The number of hydrogen-bond donors (Lipinski definition) is 3. The molecule has 1 rings (SSSR count). The fourth-order valence-electron chi connectivity index (χ4n) is 1.64. The summed E-state index contributed by atoms with van der Waals surface area (Å²) in [6, 6.07) is -0.0395. The lowest BCUT2D eigenvalue weighted by Gasteiger charge is -2.33. The molecule has 0 spiro atoms. The summed E-state index contributed by atoms with van der Waals surface area (Å²) in [7, 11) is 0. The van der Waals surface area contributed by atoms with Crippen molar-refractivity contribution in [3.63, 3.8) is 0 Å². The summed E-state index contributed by atoms with van der Waals surface area (Å²) in [5.41, 5.74) is 0. The number of carboxylic acids is 1. The van der Waals surface area contributed by atoms with Crippen LogP contribution in [0.15, 0.2) is 0 Å². The van der Waals surface area contributed by atoms with Crippen molar-refractivity contribution in [2.24, 2.45) is 11.8 Å². The molecule has 92 valence electrons. The molecule has 0 heterocycles. The van der Waals surface area contributed by atoms with Gasteiger partial charge >= 0.3 is 5.97 Å². The van der Waals surface area contributed by atoms with Crippen molar-refractivity contribution in [1.82, 2.24) is 10.6 Å². The standard InChI is InChI=1S/C11H20N2O3/c1-7(2)5-13-10(14)6-12-9-4-3-8(9)11(15)16/h7-9,12H,3-6H2,1-2H3,(H,13,14)(H,15,16). The van der Waals surface area contributed by atoms with Crippen LogP contribution in [0.25, 0.3) is 0 Å². The molecule has 5 heteroatoms. The molecule has 1 aliphatic carbocycles. The molecule has 16 heavy (non-hydrogen) atoms. The molecule has 0 aromatic heterocycles. The van der Waals surface area contributed by atoms with E-state index in [4.69, 9.17) is 5.11 Å². The molecule has 0 bridgehead atoms. The molecule has 1 aliphatic rings. The van der Waals surface area contributed by atoms with Crippen LogP contribution in [0.5, 0.6) is 0 Å². The van der Waals surface area contributed by atoms with Crippen LogP contribution in [-0.2, 0) is 9.59 Å². The molecule has 0 aromatic carbocycles. The molecule has 5 nitrogen and oxygen atoms in total. The summed E-state index contributed by atoms with van der Waals surface area (Å²) in [6.07, 6.45) is 1.55. The van der Waals surface area contributed by atoms with E-state index in [2.05, 4.69) is 10.6 Å². The molecular formula is C11H20N2O3. The van der Waals surface area contributed by atoms with Crippen LogP contribution in [0.1, 0.15) is 26.7 Å². The Kier molecular flexibility index (Phi) is 4.73. The smallest absolute Gasteiger partial charge is 0.308 e. The third-order valence-electron chi connectivity index (χ3n) is 2.82. The number of rotatable bonds is 6. The summed E-state index contributed by atoms with van der Waals surface area (Å²) >= 11 is 0. The fourth-order valence-corrected chi connectivity index (χ4v) is 1.64. The lowest BCUT2D eigenvalue weighted by molar-refractivity contribution is -0.146. The maximum absolute atomic E-state index is 11.3. The van der Waals surface area contributed by atoms with Crippen LogP contribution in [0.4, 0.5) is 0 Å². The maximum Gasteiger partial charge on any atom is 0.308 e. The number of nitrogens with one attached hydrogen (secondary N) is 2. The number of amides is 1. The summed E-state index contributed by atoms with van der Waals surface area (Å²) in [6.45, 7) is 4.93. The molecule has 2 atom stereocenters. The first-order valence-corrected chi connectivity index (χ1v) is 5.73. The molecule has 1 saturated carbocycles. The van der Waals surface area contributed by atoms with Crippen LogP contribution in [0.3, 0.4) is 0 Å². The van der Waals surface area contributed by atoms with E-state index in [0.717, 1.165) is 6.42 Å². The quantitative estimate of drug-likeness (QED) is 0.607. The minimum atomic E-state index is -0.772. The number of aliphatic carboxylic acids is 1. The number of carboxylic acid groups (broad SMARTS) is 1. The summed E-state index contributed by atoms with van der Waals surface area (Å²) in [5, 5.41) is 14.6. The molecule has 3 N–H and O–H groups in total. The van der Waals surface area contributed by atoms with Gasteiger partial charge in [0, 0.05) is 12.6 Å². The molecule has 2 unspecified atom stereocenters. The van der Waals surface area contributed by atoms with Gasteiger partial charge in [-0.3, -0.25) is 9.59 Å². The van der Waals surface area contributed by atoms with Gasteiger partial charge in [-0.1, -0.05) is 13.8 Å². The fraction of sp³-hybridized carbons (Fsp3) is 0.818. The van der Waals surface area contributed by atoms with Gasteiger partial charge in [0.1, 0.15) is 0 Å². The Labute approximate surface area is 95.6 Å².